The zero-order valence-corrected chi connectivity index (χ0v) is 15.2. The van der Waals surface area contributed by atoms with Crippen LogP contribution >= 0.6 is 18.9 Å². The third kappa shape index (κ3) is 4.88. The molecule has 130 valence electrons. The van der Waals surface area contributed by atoms with Gasteiger partial charge in [-0.1, -0.05) is 66.7 Å². The average molecular weight is 374 g/mol. The van der Waals surface area contributed by atoms with Crippen molar-refractivity contribution in [1.82, 2.24) is 0 Å². The molecule has 0 spiro atoms. The minimum atomic E-state index is -3.76. The minimum absolute atomic E-state index is 0.106. The van der Waals surface area contributed by atoms with E-state index in [0.29, 0.717) is 4.88 Å². The van der Waals surface area contributed by atoms with Gasteiger partial charge >= 0.3 is 7.60 Å². The molecule has 0 fully saturated rings. The van der Waals surface area contributed by atoms with E-state index >= 15 is 0 Å². The van der Waals surface area contributed by atoms with Crippen LogP contribution in [0, 0.1) is 0 Å². The van der Waals surface area contributed by atoms with E-state index in [-0.39, 0.29) is 13.2 Å². The number of hydrogen-bond donors (Lipinski definition) is 1. The third-order valence-corrected chi connectivity index (χ3v) is 6.56. The Kier molecular flexibility index (Phi) is 6.19. The zero-order valence-electron chi connectivity index (χ0n) is 13.5. The second-order valence-corrected chi connectivity index (χ2v) is 8.51. The predicted molar refractivity (Wildman–Crippen MR) is 99.3 cm³/mol. The van der Waals surface area contributed by atoms with Gasteiger partial charge in [-0.15, -0.1) is 11.3 Å². The fourth-order valence-corrected chi connectivity index (χ4v) is 4.83. The minimum Gasteiger partial charge on any atom is -0.376 e. The molecule has 0 bridgehead atoms. The standard InChI is InChI=1S/C19H19O4PS/c20-19(18-12-7-13-25-18)24(21,22-14-16-8-3-1-4-9-16)23-15-17-10-5-2-6-11-17/h1-13,19-20H,14-15H2. The molecule has 1 heterocycles. The summed E-state index contributed by atoms with van der Waals surface area (Å²) in [5, 5.41) is 12.4. The Labute approximate surface area is 151 Å². The fourth-order valence-electron chi connectivity index (χ4n) is 2.25. The van der Waals surface area contributed by atoms with Crippen molar-refractivity contribution in [1.29, 1.82) is 0 Å². The molecule has 1 atom stereocenters. The van der Waals surface area contributed by atoms with Crippen LogP contribution in [0.3, 0.4) is 0 Å². The summed E-state index contributed by atoms with van der Waals surface area (Å²) in [5.41, 5.74) is 1.73. The highest BCUT2D eigenvalue weighted by Crippen LogP contribution is 2.61. The maximum atomic E-state index is 13.3. The van der Waals surface area contributed by atoms with Crippen LogP contribution in [0.2, 0.25) is 0 Å². The van der Waals surface area contributed by atoms with Gasteiger partial charge in [0.2, 0.25) is 0 Å². The summed E-state index contributed by atoms with van der Waals surface area (Å²) in [4.78, 5) is 0.560. The molecule has 4 nitrogen and oxygen atoms in total. The van der Waals surface area contributed by atoms with Gasteiger partial charge in [0.1, 0.15) is 0 Å². The normalized spacial score (nSPS) is 12.8. The van der Waals surface area contributed by atoms with Gasteiger partial charge < -0.3 is 14.2 Å². The fraction of sp³-hybridized carbons (Fsp3) is 0.158. The molecule has 25 heavy (non-hydrogen) atoms. The van der Waals surface area contributed by atoms with E-state index in [9.17, 15) is 9.67 Å². The van der Waals surface area contributed by atoms with Crippen LogP contribution in [-0.2, 0) is 26.8 Å². The number of thiophene rings is 1. The Morgan fingerprint density at radius 1 is 0.840 bits per heavy atom. The van der Waals surface area contributed by atoms with Gasteiger partial charge in [-0.2, -0.15) is 0 Å². The Morgan fingerprint density at radius 3 is 1.80 bits per heavy atom. The number of aliphatic hydroxyl groups excluding tert-OH is 1. The van der Waals surface area contributed by atoms with E-state index in [1.165, 1.54) is 11.3 Å². The zero-order chi connectivity index (χ0) is 17.5. The second kappa shape index (κ2) is 8.56. The molecule has 6 heteroatoms. The van der Waals surface area contributed by atoms with Crippen molar-refractivity contribution >= 4 is 18.9 Å². The summed E-state index contributed by atoms with van der Waals surface area (Å²) in [7, 11) is -3.76. The van der Waals surface area contributed by atoms with E-state index in [2.05, 4.69) is 0 Å². The lowest BCUT2D eigenvalue weighted by Crippen LogP contribution is -2.05. The number of aliphatic hydroxyl groups is 1. The Balaban J connectivity index is 1.76. The van der Waals surface area contributed by atoms with E-state index in [1.807, 2.05) is 66.0 Å². The summed E-state index contributed by atoms with van der Waals surface area (Å²) in [5.74, 6) is -1.31. The summed E-state index contributed by atoms with van der Waals surface area (Å²) < 4.78 is 24.5. The van der Waals surface area contributed by atoms with Crippen LogP contribution in [0.25, 0.3) is 0 Å². The third-order valence-electron chi connectivity index (χ3n) is 3.61. The van der Waals surface area contributed by atoms with Crippen LogP contribution in [0.4, 0.5) is 0 Å². The van der Waals surface area contributed by atoms with Gasteiger partial charge in [-0.05, 0) is 22.6 Å². The average Bonchev–Trinajstić information content (AvgIpc) is 3.20. The Hall–Kier alpha value is -1.75. The molecule has 0 amide bonds. The van der Waals surface area contributed by atoms with Crippen molar-refractivity contribution in [3.63, 3.8) is 0 Å². The maximum absolute atomic E-state index is 13.3. The van der Waals surface area contributed by atoms with Crippen LogP contribution in [0.1, 0.15) is 21.8 Å². The topological polar surface area (TPSA) is 55.8 Å². The first-order valence-electron chi connectivity index (χ1n) is 7.85. The molecule has 0 aliphatic heterocycles. The van der Waals surface area contributed by atoms with Crippen molar-refractivity contribution in [3.8, 4) is 0 Å². The lowest BCUT2D eigenvalue weighted by molar-refractivity contribution is 0.134. The van der Waals surface area contributed by atoms with Gasteiger partial charge in [0.15, 0.2) is 5.85 Å². The number of rotatable bonds is 8. The molecule has 3 aromatic rings. The molecule has 3 rings (SSSR count). The first-order valence-corrected chi connectivity index (χ1v) is 10.3. The van der Waals surface area contributed by atoms with Crippen molar-refractivity contribution in [3.05, 3.63) is 94.2 Å². The lowest BCUT2D eigenvalue weighted by Gasteiger charge is -2.23. The van der Waals surface area contributed by atoms with Crippen molar-refractivity contribution < 1.29 is 18.7 Å². The molecule has 0 saturated heterocycles. The Bertz CT molecular complexity index is 758. The SMILES string of the molecule is O=P(OCc1ccccc1)(OCc1ccccc1)C(O)c1cccs1. The van der Waals surface area contributed by atoms with Crippen molar-refractivity contribution in [2.45, 2.75) is 19.1 Å². The first kappa shape index (κ1) is 18.1. The van der Waals surface area contributed by atoms with Gasteiger partial charge in [-0.25, -0.2) is 0 Å². The molecule has 0 aliphatic rings. The smallest absolute Gasteiger partial charge is 0.364 e. The summed E-state index contributed by atoms with van der Waals surface area (Å²) in [6.07, 6.45) is 0. The summed E-state index contributed by atoms with van der Waals surface area (Å²) in [6.45, 7) is 0.213. The van der Waals surface area contributed by atoms with Crippen LogP contribution < -0.4 is 0 Å². The van der Waals surface area contributed by atoms with Crippen molar-refractivity contribution in [2.24, 2.45) is 0 Å². The summed E-state index contributed by atoms with van der Waals surface area (Å²) >= 11 is 1.32. The monoisotopic (exact) mass is 374 g/mol. The molecular weight excluding hydrogens is 355 g/mol. The molecule has 0 aliphatic carbocycles. The maximum Gasteiger partial charge on any atom is 0.364 e. The van der Waals surface area contributed by atoms with E-state index < -0.39 is 13.4 Å². The highest BCUT2D eigenvalue weighted by Gasteiger charge is 2.37. The van der Waals surface area contributed by atoms with Gasteiger partial charge in [0.25, 0.3) is 0 Å². The van der Waals surface area contributed by atoms with E-state index in [1.54, 1.807) is 12.1 Å². The quantitative estimate of drug-likeness (QED) is 0.539. The molecule has 0 radical (unpaired) electrons. The molecule has 1 unspecified atom stereocenters. The number of hydrogen-bond acceptors (Lipinski definition) is 5. The van der Waals surface area contributed by atoms with Crippen LogP contribution in [0.5, 0.6) is 0 Å². The van der Waals surface area contributed by atoms with E-state index in [0.717, 1.165) is 11.1 Å². The molecule has 2 aromatic carbocycles. The first-order chi connectivity index (χ1) is 12.2. The Morgan fingerprint density at radius 2 is 1.36 bits per heavy atom. The number of benzene rings is 2. The predicted octanol–water partition coefficient (Wildman–Crippen LogP) is 5.37. The van der Waals surface area contributed by atoms with Crippen LogP contribution in [-0.4, -0.2) is 5.11 Å². The largest absolute Gasteiger partial charge is 0.376 e. The summed E-state index contributed by atoms with van der Waals surface area (Å²) in [6, 6.07) is 22.3. The van der Waals surface area contributed by atoms with Crippen molar-refractivity contribution in [2.75, 3.05) is 0 Å². The highest BCUT2D eigenvalue weighted by atomic mass is 32.1. The molecule has 0 saturated carbocycles. The van der Waals surface area contributed by atoms with E-state index in [4.69, 9.17) is 9.05 Å². The molecular formula is C19H19O4PS. The molecule has 1 N–H and O–H groups in total. The van der Waals surface area contributed by atoms with Crippen LogP contribution in [0.15, 0.2) is 78.2 Å². The lowest BCUT2D eigenvalue weighted by atomic mass is 10.2. The molecule has 1 aromatic heterocycles. The second-order valence-electron chi connectivity index (χ2n) is 5.45. The highest BCUT2D eigenvalue weighted by molar-refractivity contribution is 7.54. The van der Waals surface area contributed by atoms with Gasteiger partial charge in [0, 0.05) is 4.88 Å². The van der Waals surface area contributed by atoms with Gasteiger partial charge in [0.05, 0.1) is 13.2 Å². The van der Waals surface area contributed by atoms with Gasteiger partial charge in [-0.3, -0.25) is 4.57 Å².